The van der Waals surface area contributed by atoms with Crippen molar-refractivity contribution in [1.82, 2.24) is 0 Å². The van der Waals surface area contributed by atoms with E-state index in [-0.39, 0.29) is 5.78 Å². The first-order chi connectivity index (χ1) is 11.1. The highest BCUT2D eigenvalue weighted by Gasteiger charge is 2.18. The summed E-state index contributed by atoms with van der Waals surface area (Å²) in [7, 11) is 4.53. The molecule has 0 aliphatic carbocycles. The summed E-state index contributed by atoms with van der Waals surface area (Å²) in [6.07, 6.45) is 3.18. The molecule has 2 aromatic rings. The smallest absolute Gasteiger partial charge is 0.193 e. The van der Waals surface area contributed by atoms with Crippen molar-refractivity contribution in [2.45, 2.75) is 0 Å². The molecule has 0 radical (unpaired) electrons. The summed E-state index contributed by atoms with van der Waals surface area (Å²) in [4.78, 5) is 12.5. The maximum atomic E-state index is 12.5. The minimum Gasteiger partial charge on any atom is -0.496 e. The lowest BCUT2D eigenvalue weighted by molar-refractivity contribution is 0.104. The third-order valence-corrected chi connectivity index (χ3v) is 3.51. The molecular formula is C18H17ClO4. The lowest BCUT2D eigenvalue weighted by atomic mass is 10.1. The van der Waals surface area contributed by atoms with E-state index in [4.69, 9.17) is 25.8 Å². The average Bonchev–Trinajstić information content (AvgIpc) is 2.59. The third-order valence-electron chi connectivity index (χ3n) is 3.26. The van der Waals surface area contributed by atoms with E-state index in [2.05, 4.69) is 0 Å². The third kappa shape index (κ3) is 4.05. The zero-order valence-corrected chi connectivity index (χ0v) is 13.9. The highest BCUT2D eigenvalue weighted by molar-refractivity contribution is 6.30. The molecule has 5 heteroatoms. The second kappa shape index (κ2) is 7.70. The molecule has 0 atom stereocenters. The van der Waals surface area contributed by atoms with Gasteiger partial charge in [0.1, 0.15) is 22.8 Å². The molecule has 120 valence electrons. The second-order valence-corrected chi connectivity index (χ2v) is 5.09. The number of rotatable bonds is 6. The molecule has 2 rings (SSSR count). The van der Waals surface area contributed by atoms with E-state index in [1.54, 1.807) is 30.3 Å². The van der Waals surface area contributed by atoms with Crippen LogP contribution >= 0.6 is 11.6 Å². The number of hydrogen-bond acceptors (Lipinski definition) is 4. The lowest BCUT2D eigenvalue weighted by Gasteiger charge is -2.13. The van der Waals surface area contributed by atoms with Crippen LogP contribution in [0.3, 0.4) is 0 Å². The highest BCUT2D eigenvalue weighted by atomic mass is 35.5. The molecular weight excluding hydrogens is 316 g/mol. The quantitative estimate of drug-likeness (QED) is 0.585. The molecule has 0 heterocycles. The summed E-state index contributed by atoms with van der Waals surface area (Å²) < 4.78 is 15.7. The van der Waals surface area contributed by atoms with E-state index in [0.717, 1.165) is 5.56 Å². The molecule has 0 aliphatic rings. The van der Waals surface area contributed by atoms with Crippen molar-refractivity contribution in [2.75, 3.05) is 21.3 Å². The van der Waals surface area contributed by atoms with Gasteiger partial charge in [-0.3, -0.25) is 4.79 Å². The summed E-state index contributed by atoms with van der Waals surface area (Å²) in [5.41, 5.74) is 1.22. The first-order valence-electron chi connectivity index (χ1n) is 6.87. The summed E-state index contributed by atoms with van der Waals surface area (Å²) in [5, 5.41) is 0.645. The van der Waals surface area contributed by atoms with Crippen LogP contribution in [0.15, 0.2) is 42.5 Å². The molecule has 0 bridgehead atoms. The van der Waals surface area contributed by atoms with Gasteiger partial charge in [0.05, 0.1) is 21.3 Å². The number of ketones is 1. The summed E-state index contributed by atoms with van der Waals surface area (Å²) >= 11 is 5.84. The van der Waals surface area contributed by atoms with Crippen LogP contribution in [0.1, 0.15) is 15.9 Å². The number of methoxy groups -OCH3 is 3. The van der Waals surface area contributed by atoms with Crippen molar-refractivity contribution in [3.05, 3.63) is 58.6 Å². The van der Waals surface area contributed by atoms with Crippen LogP contribution in [-0.4, -0.2) is 27.1 Å². The molecule has 0 aliphatic heterocycles. The topological polar surface area (TPSA) is 44.8 Å². The van der Waals surface area contributed by atoms with Gasteiger partial charge in [-0.2, -0.15) is 0 Å². The van der Waals surface area contributed by atoms with Gasteiger partial charge in [-0.25, -0.2) is 0 Å². The molecule has 0 N–H and O–H groups in total. The number of hydrogen-bond donors (Lipinski definition) is 0. The van der Waals surface area contributed by atoms with Crippen molar-refractivity contribution >= 4 is 23.5 Å². The van der Waals surface area contributed by atoms with E-state index < -0.39 is 0 Å². The molecule has 2 aromatic carbocycles. The van der Waals surface area contributed by atoms with E-state index >= 15 is 0 Å². The Morgan fingerprint density at radius 2 is 1.52 bits per heavy atom. The molecule has 0 amide bonds. The molecule has 4 nitrogen and oxygen atoms in total. The number of benzene rings is 2. The Bertz CT molecular complexity index is 695. The molecule has 23 heavy (non-hydrogen) atoms. The first-order valence-corrected chi connectivity index (χ1v) is 7.24. The predicted octanol–water partition coefficient (Wildman–Crippen LogP) is 4.26. The predicted molar refractivity (Wildman–Crippen MR) is 90.9 cm³/mol. The fraction of sp³-hybridized carbons (Fsp3) is 0.167. The highest BCUT2D eigenvalue weighted by Crippen LogP contribution is 2.34. The number of ether oxygens (including phenoxy) is 3. The SMILES string of the molecule is COc1cc(OC)c(C(=O)C=Cc2ccc(Cl)cc2)c(OC)c1. The van der Waals surface area contributed by atoms with Gasteiger partial charge >= 0.3 is 0 Å². The maximum absolute atomic E-state index is 12.5. The fourth-order valence-electron chi connectivity index (χ4n) is 2.08. The molecule has 0 saturated carbocycles. The Labute approximate surface area is 140 Å². The number of allylic oxidation sites excluding steroid dienone is 1. The average molecular weight is 333 g/mol. The molecule has 0 aromatic heterocycles. The van der Waals surface area contributed by atoms with E-state index in [0.29, 0.717) is 27.8 Å². The molecule has 0 spiro atoms. The van der Waals surface area contributed by atoms with Gasteiger partial charge in [0.25, 0.3) is 0 Å². The van der Waals surface area contributed by atoms with E-state index in [9.17, 15) is 4.79 Å². The van der Waals surface area contributed by atoms with Gasteiger partial charge in [-0.1, -0.05) is 29.8 Å². The van der Waals surface area contributed by atoms with Gasteiger partial charge in [0.15, 0.2) is 5.78 Å². The van der Waals surface area contributed by atoms with Crippen LogP contribution in [0.25, 0.3) is 6.08 Å². The van der Waals surface area contributed by atoms with Gasteiger partial charge in [0.2, 0.25) is 0 Å². The summed E-state index contributed by atoms with van der Waals surface area (Å²) in [6.45, 7) is 0. The fourth-order valence-corrected chi connectivity index (χ4v) is 2.20. The van der Waals surface area contributed by atoms with Crippen molar-refractivity contribution in [3.8, 4) is 17.2 Å². The van der Waals surface area contributed by atoms with Crippen molar-refractivity contribution < 1.29 is 19.0 Å². The Balaban J connectivity index is 2.36. The number of halogens is 1. The molecule has 0 saturated heterocycles. The molecule has 0 unspecified atom stereocenters. The monoisotopic (exact) mass is 332 g/mol. The van der Waals surface area contributed by atoms with Crippen LogP contribution in [0.4, 0.5) is 0 Å². The maximum Gasteiger partial charge on any atom is 0.193 e. The van der Waals surface area contributed by atoms with Crippen LogP contribution in [0.5, 0.6) is 17.2 Å². The number of carbonyl (C=O) groups is 1. The van der Waals surface area contributed by atoms with Crippen LogP contribution in [-0.2, 0) is 0 Å². The lowest BCUT2D eigenvalue weighted by Crippen LogP contribution is -2.03. The number of carbonyl (C=O) groups excluding carboxylic acids is 1. The standard InChI is InChI=1S/C18H17ClO4/c1-21-14-10-16(22-2)18(17(11-14)23-3)15(20)9-6-12-4-7-13(19)8-5-12/h4-11H,1-3H3. The normalized spacial score (nSPS) is 10.6. The Morgan fingerprint density at radius 1 is 0.957 bits per heavy atom. The molecule has 0 fully saturated rings. The van der Waals surface area contributed by atoms with Crippen molar-refractivity contribution in [3.63, 3.8) is 0 Å². The van der Waals surface area contributed by atoms with Crippen LogP contribution in [0.2, 0.25) is 5.02 Å². The largest absolute Gasteiger partial charge is 0.496 e. The van der Waals surface area contributed by atoms with Gasteiger partial charge in [-0.15, -0.1) is 0 Å². The Hall–Kier alpha value is -2.46. The van der Waals surface area contributed by atoms with Crippen molar-refractivity contribution in [1.29, 1.82) is 0 Å². The first kappa shape index (κ1) is 16.9. The van der Waals surface area contributed by atoms with E-state index in [1.807, 2.05) is 12.1 Å². The van der Waals surface area contributed by atoms with Gasteiger partial charge in [0, 0.05) is 17.2 Å². The van der Waals surface area contributed by atoms with E-state index in [1.165, 1.54) is 27.4 Å². The summed E-state index contributed by atoms with van der Waals surface area (Å²) in [6, 6.07) is 10.5. The summed E-state index contributed by atoms with van der Waals surface area (Å²) in [5.74, 6) is 1.12. The zero-order valence-electron chi connectivity index (χ0n) is 13.1. The Morgan fingerprint density at radius 3 is 2.00 bits per heavy atom. The minimum atomic E-state index is -0.226. The van der Waals surface area contributed by atoms with Crippen molar-refractivity contribution in [2.24, 2.45) is 0 Å². The van der Waals surface area contributed by atoms with Gasteiger partial charge < -0.3 is 14.2 Å². The minimum absolute atomic E-state index is 0.226. The second-order valence-electron chi connectivity index (χ2n) is 4.66. The van der Waals surface area contributed by atoms with Gasteiger partial charge in [-0.05, 0) is 23.8 Å². The zero-order chi connectivity index (χ0) is 16.8. The Kier molecular flexibility index (Phi) is 5.66. The van der Waals surface area contributed by atoms with Crippen LogP contribution < -0.4 is 14.2 Å². The van der Waals surface area contributed by atoms with Crippen LogP contribution in [0, 0.1) is 0 Å².